The lowest BCUT2D eigenvalue weighted by Gasteiger charge is -2.01. The number of sulfonamides is 1. The predicted octanol–water partition coefficient (Wildman–Crippen LogP) is 0.407. The van der Waals surface area contributed by atoms with Gasteiger partial charge >= 0.3 is 0 Å². The van der Waals surface area contributed by atoms with Gasteiger partial charge in [0.25, 0.3) is 0 Å². The number of aldehydes is 1. The normalized spacial score (nSPS) is 11.2. The Bertz CT molecular complexity index is 411. The topological polar surface area (TPSA) is 63.2 Å². The van der Waals surface area contributed by atoms with Crippen LogP contribution in [0.2, 0.25) is 0 Å². The summed E-state index contributed by atoms with van der Waals surface area (Å²) >= 11 is 0. The molecule has 1 N–H and O–H groups in total. The third-order valence-electron chi connectivity index (χ3n) is 1.57. The molecule has 0 aliphatic rings. The zero-order chi connectivity index (χ0) is 9.90. The van der Waals surface area contributed by atoms with Crippen LogP contribution in [0.5, 0.6) is 0 Å². The summed E-state index contributed by atoms with van der Waals surface area (Å²) in [5, 5.41) is 0. The van der Waals surface area contributed by atoms with E-state index in [1.54, 1.807) is 6.07 Å². The van der Waals surface area contributed by atoms with Crippen LogP contribution in [0.1, 0.15) is 10.4 Å². The molecule has 0 saturated heterocycles. The molecule has 1 aromatic carbocycles. The predicted molar refractivity (Wildman–Crippen MR) is 48.1 cm³/mol. The van der Waals surface area contributed by atoms with Crippen molar-refractivity contribution in [3.8, 4) is 0 Å². The van der Waals surface area contributed by atoms with E-state index < -0.39 is 10.0 Å². The van der Waals surface area contributed by atoms with Crippen LogP contribution in [0.3, 0.4) is 0 Å². The molecule has 0 radical (unpaired) electrons. The van der Waals surface area contributed by atoms with E-state index in [1.807, 2.05) is 0 Å². The second kappa shape index (κ2) is 3.68. The van der Waals surface area contributed by atoms with Crippen molar-refractivity contribution in [1.29, 1.82) is 0 Å². The lowest BCUT2D eigenvalue weighted by Crippen LogP contribution is -2.18. The van der Waals surface area contributed by atoms with Crippen molar-refractivity contribution in [2.45, 2.75) is 4.90 Å². The van der Waals surface area contributed by atoms with Gasteiger partial charge in [-0.1, -0.05) is 12.1 Å². The number of nitrogens with one attached hydrogen (secondary N) is 1. The van der Waals surface area contributed by atoms with Crippen LogP contribution in [0.4, 0.5) is 0 Å². The highest BCUT2D eigenvalue weighted by atomic mass is 32.2. The van der Waals surface area contributed by atoms with Crippen LogP contribution in [0.25, 0.3) is 0 Å². The maximum absolute atomic E-state index is 11.2. The maximum Gasteiger partial charge on any atom is 0.240 e. The number of carbonyl (C=O) groups is 1. The van der Waals surface area contributed by atoms with Gasteiger partial charge in [-0.2, -0.15) is 0 Å². The Morgan fingerprint density at radius 2 is 2.08 bits per heavy atom. The first-order chi connectivity index (χ1) is 6.10. The van der Waals surface area contributed by atoms with Crippen molar-refractivity contribution in [2.75, 3.05) is 7.05 Å². The third kappa shape index (κ3) is 2.13. The van der Waals surface area contributed by atoms with E-state index in [9.17, 15) is 13.2 Å². The summed E-state index contributed by atoms with van der Waals surface area (Å²) in [7, 11) is -2.12. The van der Waals surface area contributed by atoms with E-state index in [4.69, 9.17) is 0 Å². The van der Waals surface area contributed by atoms with Gasteiger partial charge in [-0.05, 0) is 19.2 Å². The number of hydrogen-bond acceptors (Lipinski definition) is 3. The van der Waals surface area contributed by atoms with E-state index in [-0.39, 0.29) is 4.90 Å². The first kappa shape index (κ1) is 9.88. The molecule has 0 amide bonds. The molecule has 0 saturated carbocycles. The Morgan fingerprint density at radius 1 is 1.38 bits per heavy atom. The molecular weight excluding hydrogens is 190 g/mol. The number of hydrogen-bond donors (Lipinski definition) is 1. The standard InChI is InChI=1S/C8H9NO3S/c1-9-13(11,12)8-4-2-3-7(5-8)6-10/h2-6,9H,1H3. The quantitative estimate of drug-likeness (QED) is 0.717. The van der Waals surface area contributed by atoms with Crippen molar-refractivity contribution >= 4 is 16.3 Å². The molecule has 0 atom stereocenters. The Morgan fingerprint density at radius 3 is 2.62 bits per heavy atom. The van der Waals surface area contributed by atoms with Crippen molar-refractivity contribution in [2.24, 2.45) is 0 Å². The number of benzene rings is 1. The fourth-order valence-electron chi connectivity index (χ4n) is 0.873. The third-order valence-corrected chi connectivity index (χ3v) is 2.99. The minimum absolute atomic E-state index is 0.0969. The number of rotatable bonds is 3. The Labute approximate surface area is 76.6 Å². The lowest BCUT2D eigenvalue weighted by atomic mass is 10.2. The Hall–Kier alpha value is -1.20. The van der Waals surface area contributed by atoms with Crippen LogP contribution >= 0.6 is 0 Å². The van der Waals surface area contributed by atoms with Gasteiger partial charge in [-0.15, -0.1) is 0 Å². The van der Waals surface area contributed by atoms with Crippen LogP contribution in [0.15, 0.2) is 29.2 Å². The highest BCUT2D eigenvalue weighted by Gasteiger charge is 2.10. The molecular formula is C8H9NO3S. The average molecular weight is 199 g/mol. The number of carbonyl (C=O) groups excluding carboxylic acids is 1. The van der Waals surface area contributed by atoms with Gasteiger partial charge in [0, 0.05) is 5.56 Å². The fraction of sp³-hybridized carbons (Fsp3) is 0.125. The molecule has 0 bridgehead atoms. The molecule has 0 heterocycles. The van der Waals surface area contributed by atoms with Crippen molar-refractivity contribution in [1.82, 2.24) is 4.72 Å². The van der Waals surface area contributed by atoms with Crippen LogP contribution in [-0.2, 0) is 10.0 Å². The SMILES string of the molecule is CNS(=O)(=O)c1cccc(C=O)c1. The monoisotopic (exact) mass is 199 g/mol. The van der Waals surface area contributed by atoms with Gasteiger partial charge in [0.2, 0.25) is 10.0 Å². The van der Waals surface area contributed by atoms with E-state index in [1.165, 1.54) is 25.2 Å². The minimum Gasteiger partial charge on any atom is -0.298 e. The molecule has 0 aliphatic carbocycles. The Balaban J connectivity index is 3.24. The Kier molecular flexibility index (Phi) is 2.79. The summed E-state index contributed by atoms with van der Waals surface area (Å²) in [6, 6.07) is 5.81. The molecule has 0 aliphatic heterocycles. The van der Waals surface area contributed by atoms with E-state index in [0.29, 0.717) is 11.8 Å². The zero-order valence-electron chi connectivity index (χ0n) is 7.02. The van der Waals surface area contributed by atoms with Gasteiger partial charge in [0.15, 0.2) is 0 Å². The minimum atomic E-state index is -3.44. The molecule has 13 heavy (non-hydrogen) atoms. The fourth-order valence-corrected chi connectivity index (χ4v) is 1.66. The van der Waals surface area contributed by atoms with Crippen molar-refractivity contribution in [3.63, 3.8) is 0 Å². The molecule has 1 aromatic rings. The molecule has 70 valence electrons. The second-order valence-corrected chi connectivity index (χ2v) is 4.28. The summed E-state index contributed by atoms with van der Waals surface area (Å²) < 4.78 is 24.6. The second-order valence-electron chi connectivity index (χ2n) is 2.40. The maximum atomic E-state index is 11.2. The van der Waals surface area contributed by atoms with Crippen LogP contribution in [0, 0.1) is 0 Å². The molecule has 0 fully saturated rings. The van der Waals surface area contributed by atoms with Crippen molar-refractivity contribution in [3.05, 3.63) is 29.8 Å². The average Bonchev–Trinajstić information content (AvgIpc) is 2.18. The van der Waals surface area contributed by atoms with Gasteiger partial charge in [0.1, 0.15) is 6.29 Å². The van der Waals surface area contributed by atoms with Crippen molar-refractivity contribution < 1.29 is 13.2 Å². The zero-order valence-corrected chi connectivity index (χ0v) is 7.84. The van der Waals surface area contributed by atoms with E-state index in [2.05, 4.69) is 4.72 Å². The summed E-state index contributed by atoms with van der Waals surface area (Å²) in [5.41, 5.74) is 0.344. The summed E-state index contributed by atoms with van der Waals surface area (Å²) in [5.74, 6) is 0. The van der Waals surface area contributed by atoms with E-state index >= 15 is 0 Å². The van der Waals surface area contributed by atoms with Crippen LogP contribution in [-0.4, -0.2) is 21.8 Å². The smallest absolute Gasteiger partial charge is 0.240 e. The summed E-state index contributed by atoms with van der Waals surface area (Å²) in [6.07, 6.45) is 0.606. The molecule has 0 unspecified atom stereocenters. The van der Waals surface area contributed by atoms with Gasteiger partial charge in [-0.25, -0.2) is 13.1 Å². The van der Waals surface area contributed by atoms with Crippen LogP contribution < -0.4 is 4.72 Å². The van der Waals surface area contributed by atoms with E-state index in [0.717, 1.165) is 0 Å². The largest absolute Gasteiger partial charge is 0.298 e. The van der Waals surface area contributed by atoms with Gasteiger partial charge < -0.3 is 0 Å². The molecule has 0 aromatic heterocycles. The highest BCUT2D eigenvalue weighted by molar-refractivity contribution is 7.89. The van der Waals surface area contributed by atoms with Gasteiger partial charge in [0.05, 0.1) is 4.90 Å². The first-order valence-electron chi connectivity index (χ1n) is 3.59. The molecule has 4 nitrogen and oxygen atoms in total. The molecule has 5 heteroatoms. The van der Waals surface area contributed by atoms with Gasteiger partial charge in [-0.3, -0.25) is 4.79 Å². The summed E-state index contributed by atoms with van der Waals surface area (Å²) in [6.45, 7) is 0. The lowest BCUT2D eigenvalue weighted by molar-refractivity contribution is 0.112. The summed E-state index contributed by atoms with van der Waals surface area (Å²) in [4.78, 5) is 10.5. The molecule has 1 rings (SSSR count). The highest BCUT2D eigenvalue weighted by Crippen LogP contribution is 2.09. The molecule has 0 spiro atoms. The first-order valence-corrected chi connectivity index (χ1v) is 5.07.